The molecule has 0 radical (unpaired) electrons. The highest BCUT2D eigenvalue weighted by Crippen LogP contribution is 2.50. The summed E-state index contributed by atoms with van der Waals surface area (Å²) in [6.45, 7) is 15.0. The molecule has 0 amide bonds. The monoisotopic (exact) mass is 1120 g/mol. The van der Waals surface area contributed by atoms with Crippen LogP contribution in [-0.2, 0) is 31.8 Å². The zero-order valence-corrected chi connectivity index (χ0v) is 43.1. The van der Waals surface area contributed by atoms with Crippen LogP contribution in [0.5, 0.6) is 0 Å². The largest absolute Gasteiger partial charge is 0.310 e. The van der Waals surface area contributed by atoms with Crippen molar-refractivity contribution in [3.8, 4) is 53.4 Å². The van der Waals surface area contributed by atoms with E-state index in [0.29, 0.717) is 20.6 Å². The Morgan fingerprint density at radius 1 is 0.621 bits per heavy atom. The van der Waals surface area contributed by atoms with Crippen LogP contribution in [0.1, 0.15) is 24.2 Å². The lowest BCUT2D eigenvalue weighted by Crippen LogP contribution is -2.04. The van der Waals surface area contributed by atoms with Crippen molar-refractivity contribution < 1.29 is 16.8 Å². The van der Waals surface area contributed by atoms with E-state index in [9.17, 15) is 16.8 Å². The molecule has 0 unspecified atom stereocenters. The minimum atomic E-state index is -3.29. The summed E-state index contributed by atoms with van der Waals surface area (Å²) in [6.07, 6.45) is 4.03. The highest BCUT2D eigenvalue weighted by atomic mass is 79.9. The smallest absolute Gasteiger partial charge is 0.276 e. The number of hydrogen-bond acceptors (Lipinski definition) is 8. The zero-order valence-electron chi connectivity index (χ0n) is 35.2. The molecule has 1 aliphatic rings. The van der Waals surface area contributed by atoms with Crippen molar-refractivity contribution in [3.63, 3.8) is 0 Å². The average molecular weight is 1120 g/mol. The maximum absolute atomic E-state index is 12.0. The lowest BCUT2D eigenvalue weighted by molar-refractivity contribution is 0.600. The first-order chi connectivity index (χ1) is 31.6. The van der Waals surface area contributed by atoms with Gasteiger partial charge in [-0.2, -0.15) is 10.2 Å². The van der Waals surface area contributed by atoms with Crippen LogP contribution in [0, 0.1) is 13.1 Å². The van der Waals surface area contributed by atoms with E-state index >= 15 is 0 Å². The molecule has 336 valence electrons. The number of hydrogen-bond donors (Lipinski definition) is 0. The summed E-state index contributed by atoms with van der Waals surface area (Å²) in [7, 11) is -6.57. The van der Waals surface area contributed by atoms with Crippen LogP contribution in [-0.4, -0.2) is 59.6 Å². The van der Waals surface area contributed by atoms with Gasteiger partial charge in [-0.3, -0.25) is 0 Å². The van der Waals surface area contributed by atoms with Crippen LogP contribution in [0.3, 0.4) is 0 Å². The Kier molecular flexibility index (Phi) is 15.6. The molecule has 10 nitrogen and oxygen atoms in total. The van der Waals surface area contributed by atoms with Gasteiger partial charge < -0.3 is 9.69 Å². The molecule has 0 aliphatic heterocycles. The van der Waals surface area contributed by atoms with Crippen molar-refractivity contribution in [2.75, 3.05) is 23.2 Å². The van der Waals surface area contributed by atoms with Gasteiger partial charge in [0.1, 0.15) is 11.4 Å². The average Bonchev–Trinajstić information content (AvgIpc) is 3.78. The molecule has 0 atom stereocenters. The Morgan fingerprint density at radius 2 is 1.08 bits per heavy atom. The minimum absolute atomic E-state index is 0.180. The fourth-order valence-electron chi connectivity index (χ4n) is 6.73. The number of thiophene rings is 2. The summed E-state index contributed by atoms with van der Waals surface area (Å²) in [5, 5.41) is 12.6. The van der Waals surface area contributed by atoms with Crippen LogP contribution in [0.25, 0.3) is 63.1 Å². The van der Waals surface area contributed by atoms with Crippen LogP contribution in [0.15, 0.2) is 143 Å². The first-order valence-corrected chi connectivity index (χ1v) is 28.3. The third-order valence-corrected chi connectivity index (χ3v) is 17.2. The van der Waals surface area contributed by atoms with Crippen molar-refractivity contribution in [1.29, 1.82) is 0 Å². The Bertz CT molecular complexity index is 3360. The summed E-state index contributed by atoms with van der Waals surface area (Å²) in [6, 6.07) is 40.6. The molecule has 66 heavy (non-hydrogen) atoms. The second kappa shape index (κ2) is 21.0. The molecule has 0 N–H and O–H groups in total. The van der Waals surface area contributed by atoms with Crippen molar-refractivity contribution >= 4 is 97.4 Å². The van der Waals surface area contributed by atoms with E-state index in [-0.39, 0.29) is 11.4 Å². The van der Waals surface area contributed by atoms with Crippen LogP contribution in [0.4, 0.5) is 0 Å². The van der Waals surface area contributed by atoms with E-state index in [4.69, 9.17) is 41.4 Å². The lowest BCUT2D eigenvalue weighted by atomic mass is 10.1. The standard InChI is InChI=1S/C24H18ClN3O2S2.C22H16ClN3O2S2.C2H4Br2/c1-26-24(12-13-24)23-15-20(28(27-23)19-9-4-3-8-18(19)25)22-11-10-21(31-22)16-6-5-7-17(14-16)32(2,29)30;1-24-14-16-13-20(26(25-16)19-9-4-3-8-18(19)23)22-11-10-21(29-22)15-6-5-7-17(12-15)30(2,27)28;3-1-2-4/h3-11,14-15H,12-13H2,2H3;3-13H,14H2,2H3;1-2H2. The number of sulfone groups is 2. The number of benzene rings is 4. The van der Waals surface area contributed by atoms with E-state index < -0.39 is 25.2 Å². The number of aromatic nitrogens is 4. The molecule has 1 saturated carbocycles. The van der Waals surface area contributed by atoms with E-state index in [1.807, 2.05) is 95.7 Å². The number of para-hydroxylation sites is 2. The van der Waals surface area contributed by atoms with Gasteiger partial charge in [-0.05, 0) is 96.1 Å². The van der Waals surface area contributed by atoms with Crippen molar-refractivity contribution in [2.45, 2.75) is 34.7 Å². The predicted octanol–water partition coefficient (Wildman–Crippen LogP) is 13.8. The maximum Gasteiger partial charge on any atom is 0.276 e. The van der Waals surface area contributed by atoms with Crippen LogP contribution < -0.4 is 0 Å². The van der Waals surface area contributed by atoms with Crippen molar-refractivity contribution in [3.05, 3.63) is 178 Å². The molecule has 1 fully saturated rings. The Hall–Kier alpha value is -4.88. The molecule has 4 aromatic carbocycles. The molecule has 4 aromatic heterocycles. The maximum atomic E-state index is 12.0. The summed E-state index contributed by atoms with van der Waals surface area (Å²) in [5.41, 5.74) is 5.74. The lowest BCUT2D eigenvalue weighted by Gasteiger charge is -2.08. The van der Waals surface area contributed by atoms with Crippen molar-refractivity contribution in [1.82, 2.24) is 19.6 Å². The molecule has 0 saturated heterocycles. The predicted molar refractivity (Wildman–Crippen MR) is 276 cm³/mol. The fourth-order valence-corrected chi connectivity index (χ4v) is 10.5. The van der Waals surface area contributed by atoms with Crippen LogP contribution >= 0.6 is 77.7 Å². The normalized spacial score (nSPS) is 12.8. The first-order valence-electron chi connectivity index (χ1n) is 19.9. The summed E-state index contributed by atoms with van der Waals surface area (Å²) in [5.74, 6) is 0. The molecule has 0 bridgehead atoms. The van der Waals surface area contributed by atoms with E-state index in [2.05, 4.69) is 46.6 Å². The van der Waals surface area contributed by atoms with Gasteiger partial charge in [0.05, 0.1) is 52.4 Å². The number of halogens is 4. The van der Waals surface area contributed by atoms with Gasteiger partial charge in [-0.15, -0.1) is 22.7 Å². The summed E-state index contributed by atoms with van der Waals surface area (Å²) in [4.78, 5) is 11.7. The Morgan fingerprint density at radius 3 is 1.50 bits per heavy atom. The highest BCUT2D eigenvalue weighted by Gasteiger charge is 2.55. The number of alkyl halides is 2. The molecule has 4 heterocycles. The Labute approximate surface area is 419 Å². The Balaban J connectivity index is 0.000000182. The highest BCUT2D eigenvalue weighted by molar-refractivity contribution is 9.11. The van der Waals surface area contributed by atoms with Gasteiger partial charge >= 0.3 is 0 Å². The molecular formula is C48H38Br2Cl2N6O4S4. The SMILES string of the molecule is BrCCBr.[C-]#[N+]C1(c2cc(-c3ccc(-c4cccc(S(C)(=O)=O)c4)s3)n(-c3ccccc3Cl)n2)CC1.[C-]#[N+]Cc1cc(-c2ccc(-c3cccc(S(C)(=O)=O)c3)s2)n(-c2ccccc2Cl)n1. The fraction of sp³-hybridized carbons (Fsp3) is 0.167. The molecule has 0 spiro atoms. The van der Waals surface area contributed by atoms with Gasteiger partial charge in [-0.1, -0.05) is 104 Å². The third-order valence-electron chi connectivity index (χ3n) is 10.2. The number of nitrogens with zero attached hydrogens (tertiary/aromatic N) is 6. The van der Waals surface area contributed by atoms with Gasteiger partial charge in [0.15, 0.2) is 19.7 Å². The minimum Gasteiger partial charge on any atom is -0.310 e. The van der Waals surface area contributed by atoms with E-state index in [1.165, 1.54) is 23.8 Å². The van der Waals surface area contributed by atoms with Gasteiger partial charge in [0.25, 0.3) is 12.1 Å². The molecule has 1 aliphatic carbocycles. The molecule has 18 heteroatoms. The number of rotatable bonds is 11. The summed E-state index contributed by atoms with van der Waals surface area (Å²) >= 11 is 22.3. The van der Waals surface area contributed by atoms with Crippen LogP contribution in [0.2, 0.25) is 10.0 Å². The van der Waals surface area contributed by atoms with E-state index in [1.54, 1.807) is 58.5 Å². The first kappa shape index (κ1) is 49.0. The van der Waals surface area contributed by atoms with Gasteiger partial charge in [0.2, 0.25) is 0 Å². The molecule has 8 aromatic rings. The quantitative estimate of drug-likeness (QED) is 0.0942. The van der Waals surface area contributed by atoms with Crippen molar-refractivity contribution in [2.24, 2.45) is 0 Å². The summed E-state index contributed by atoms with van der Waals surface area (Å²) < 4.78 is 51.3. The van der Waals surface area contributed by atoms with Gasteiger partial charge in [0, 0.05) is 45.8 Å². The van der Waals surface area contributed by atoms with Gasteiger partial charge in [-0.25, -0.2) is 39.3 Å². The van der Waals surface area contributed by atoms with E-state index in [0.717, 1.165) is 82.6 Å². The molecular weight excluding hydrogens is 1080 g/mol. The topological polar surface area (TPSA) is 113 Å². The third kappa shape index (κ3) is 11.3. The second-order valence-electron chi connectivity index (χ2n) is 14.9. The second-order valence-corrected chi connectivity index (χ2v) is 23.5. The molecule has 9 rings (SSSR count). The zero-order chi connectivity index (χ0) is 47.2.